The van der Waals surface area contributed by atoms with Gasteiger partial charge in [0.25, 0.3) is 0 Å². The second kappa shape index (κ2) is 3.78. The maximum absolute atomic E-state index is 11.9. The van der Waals surface area contributed by atoms with Crippen LogP contribution in [-0.4, -0.2) is 10.1 Å². The maximum atomic E-state index is 11.9. The molecule has 0 aromatic heterocycles. The van der Waals surface area contributed by atoms with Crippen molar-refractivity contribution >= 4 is 22.6 Å². The van der Waals surface area contributed by atoms with Crippen LogP contribution in [0.4, 0.5) is 13.2 Å². The fourth-order valence-electron chi connectivity index (χ4n) is 0.559. The minimum atomic E-state index is -4.03. The summed E-state index contributed by atoms with van der Waals surface area (Å²) in [6.45, 7) is 2.99. The highest BCUT2D eigenvalue weighted by atomic mass is 127. The van der Waals surface area contributed by atoms with Crippen molar-refractivity contribution in [3.05, 3.63) is 0 Å². The number of hydrogen-bond acceptors (Lipinski definition) is 0. The Bertz CT molecular complexity index is 99.7. The van der Waals surface area contributed by atoms with Crippen molar-refractivity contribution in [2.24, 2.45) is 5.92 Å². The number of halogens is 4. The van der Waals surface area contributed by atoms with E-state index >= 15 is 0 Å². The lowest BCUT2D eigenvalue weighted by atomic mass is 10.1. The predicted molar refractivity (Wildman–Crippen MR) is 43.3 cm³/mol. The molecule has 0 heterocycles. The monoisotopic (exact) mass is 266 g/mol. The topological polar surface area (TPSA) is 0 Å². The molecule has 10 heavy (non-hydrogen) atoms. The fourth-order valence-corrected chi connectivity index (χ4v) is 0.966. The van der Waals surface area contributed by atoms with Gasteiger partial charge in [0, 0.05) is 3.92 Å². The zero-order valence-corrected chi connectivity index (χ0v) is 8.03. The Labute approximate surface area is 72.3 Å². The van der Waals surface area contributed by atoms with Crippen LogP contribution in [0.15, 0.2) is 0 Å². The minimum Gasteiger partial charge on any atom is -0.171 e. The van der Waals surface area contributed by atoms with Crippen LogP contribution < -0.4 is 0 Å². The Balaban J connectivity index is 3.94. The Morgan fingerprint density at radius 2 is 1.80 bits per heavy atom. The Kier molecular flexibility index (Phi) is 3.98. The van der Waals surface area contributed by atoms with Gasteiger partial charge in [-0.1, -0.05) is 36.4 Å². The summed E-state index contributed by atoms with van der Waals surface area (Å²) in [5.74, 6) is -1.18. The van der Waals surface area contributed by atoms with Crippen LogP contribution in [0, 0.1) is 5.92 Å². The van der Waals surface area contributed by atoms with E-state index in [1.807, 2.05) is 22.6 Å². The molecule has 0 fully saturated rings. The molecule has 2 atom stereocenters. The molecule has 0 aromatic carbocycles. The van der Waals surface area contributed by atoms with E-state index in [0.717, 1.165) is 0 Å². The summed E-state index contributed by atoms with van der Waals surface area (Å²) < 4.78 is 35.4. The number of rotatable bonds is 2. The van der Waals surface area contributed by atoms with Gasteiger partial charge in [-0.3, -0.25) is 0 Å². The van der Waals surface area contributed by atoms with Gasteiger partial charge >= 0.3 is 6.18 Å². The van der Waals surface area contributed by atoms with Gasteiger partial charge in [-0.25, -0.2) is 0 Å². The second-order valence-electron chi connectivity index (χ2n) is 2.25. The van der Waals surface area contributed by atoms with Gasteiger partial charge in [0.2, 0.25) is 0 Å². The van der Waals surface area contributed by atoms with E-state index in [0.29, 0.717) is 6.42 Å². The van der Waals surface area contributed by atoms with Gasteiger partial charge in [-0.15, -0.1) is 0 Å². The average molecular weight is 266 g/mol. The van der Waals surface area contributed by atoms with Crippen LogP contribution in [0.5, 0.6) is 0 Å². The average Bonchev–Trinajstić information content (AvgIpc) is 1.83. The largest absolute Gasteiger partial charge is 0.392 e. The van der Waals surface area contributed by atoms with Gasteiger partial charge in [0.05, 0.1) is 5.92 Å². The van der Waals surface area contributed by atoms with E-state index < -0.39 is 12.1 Å². The first-order chi connectivity index (χ1) is 4.39. The van der Waals surface area contributed by atoms with Crippen LogP contribution in [0.25, 0.3) is 0 Å². The van der Waals surface area contributed by atoms with Crippen molar-refractivity contribution in [2.45, 2.75) is 30.4 Å². The molecule has 0 radical (unpaired) electrons. The molecule has 0 aliphatic carbocycles. The van der Waals surface area contributed by atoms with Crippen LogP contribution in [0.2, 0.25) is 0 Å². The summed E-state index contributed by atoms with van der Waals surface area (Å²) in [7, 11) is 0. The highest BCUT2D eigenvalue weighted by Gasteiger charge is 2.39. The van der Waals surface area contributed by atoms with Crippen LogP contribution in [-0.2, 0) is 0 Å². The number of alkyl halides is 4. The lowest BCUT2D eigenvalue weighted by molar-refractivity contribution is -0.168. The van der Waals surface area contributed by atoms with Crippen LogP contribution in [0.1, 0.15) is 20.3 Å². The van der Waals surface area contributed by atoms with E-state index in [1.54, 1.807) is 6.92 Å². The molecule has 0 aliphatic rings. The zero-order chi connectivity index (χ0) is 8.36. The van der Waals surface area contributed by atoms with Crippen molar-refractivity contribution in [3.63, 3.8) is 0 Å². The Morgan fingerprint density at radius 3 is 1.90 bits per heavy atom. The van der Waals surface area contributed by atoms with Crippen LogP contribution in [0.3, 0.4) is 0 Å². The molecule has 0 saturated carbocycles. The lowest BCUT2D eigenvalue weighted by Crippen LogP contribution is -2.27. The Hall–Kier alpha value is 0.520. The minimum absolute atomic E-state index is 0.294. The van der Waals surface area contributed by atoms with Crippen LogP contribution >= 0.6 is 22.6 Å². The normalized spacial score (nSPS) is 18.6. The summed E-state index contributed by atoms with van der Waals surface area (Å²) in [6, 6.07) is 0. The van der Waals surface area contributed by atoms with Gasteiger partial charge in [0.15, 0.2) is 0 Å². The summed E-state index contributed by atoms with van der Waals surface area (Å²) in [5.41, 5.74) is 0. The van der Waals surface area contributed by atoms with E-state index in [4.69, 9.17) is 0 Å². The first-order valence-electron chi connectivity index (χ1n) is 3.10. The molecule has 4 heteroatoms. The molecule has 0 rings (SSSR count). The second-order valence-corrected chi connectivity index (χ2v) is 3.85. The molecule has 0 spiro atoms. The fraction of sp³-hybridized carbons (Fsp3) is 1.00. The third kappa shape index (κ3) is 3.07. The highest BCUT2D eigenvalue weighted by Crippen LogP contribution is 2.33. The lowest BCUT2D eigenvalue weighted by Gasteiger charge is -2.19. The van der Waals surface area contributed by atoms with E-state index in [-0.39, 0.29) is 3.92 Å². The molecule has 0 aromatic rings. The molecule has 0 nitrogen and oxygen atoms in total. The molecular formula is C6H10F3I. The summed E-state index contributed by atoms with van der Waals surface area (Å²) >= 11 is 1.84. The highest BCUT2D eigenvalue weighted by molar-refractivity contribution is 14.1. The third-order valence-corrected chi connectivity index (χ3v) is 3.41. The van der Waals surface area contributed by atoms with Crippen molar-refractivity contribution in [3.8, 4) is 0 Å². The quantitative estimate of drug-likeness (QED) is 0.530. The summed E-state index contributed by atoms with van der Waals surface area (Å²) in [5, 5.41) is 0. The smallest absolute Gasteiger partial charge is 0.171 e. The molecule has 62 valence electrons. The zero-order valence-electron chi connectivity index (χ0n) is 5.87. The van der Waals surface area contributed by atoms with Crippen molar-refractivity contribution in [1.82, 2.24) is 0 Å². The third-order valence-electron chi connectivity index (χ3n) is 1.45. The van der Waals surface area contributed by atoms with Crippen molar-refractivity contribution < 1.29 is 13.2 Å². The standard InChI is InChI=1S/C6H10F3I/c1-3-5(10)4(2)6(7,8)9/h4-5H,3H2,1-2H3/t4?,5-/m0/s1. The Morgan fingerprint density at radius 1 is 1.40 bits per heavy atom. The summed E-state index contributed by atoms with van der Waals surface area (Å²) in [4.78, 5) is 0. The van der Waals surface area contributed by atoms with Gasteiger partial charge < -0.3 is 0 Å². The molecular weight excluding hydrogens is 256 g/mol. The van der Waals surface area contributed by atoms with Crippen molar-refractivity contribution in [2.75, 3.05) is 0 Å². The van der Waals surface area contributed by atoms with E-state index in [2.05, 4.69) is 0 Å². The molecule has 0 amide bonds. The molecule has 0 bridgehead atoms. The van der Waals surface area contributed by atoms with Gasteiger partial charge in [-0.05, 0) is 6.42 Å². The van der Waals surface area contributed by atoms with Gasteiger partial charge in [0.1, 0.15) is 0 Å². The van der Waals surface area contributed by atoms with E-state index in [9.17, 15) is 13.2 Å². The van der Waals surface area contributed by atoms with E-state index in [1.165, 1.54) is 6.92 Å². The number of hydrogen-bond donors (Lipinski definition) is 0. The van der Waals surface area contributed by atoms with Gasteiger partial charge in [-0.2, -0.15) is 13.2 Å². The molecule has 0 saturated heterocycles. The summed E-state index contributed by atoms with van der Waals surface area (Å²) in [6.07, 6.45) is -3.46. The maximum Gasteiger partial charge on any atom is 0.392 e. The molecule has 1 unspecified atom stereocenters. The molecule has 0 aliphatic heterocycles. The predicted octanol–water partition coefficient (Wildman–Crippen LogP) is 3.40. The van der Waals surface area contributed by atoms with Crippen molar-refractivity contribution in [1.29, 1.82) is 0 Å². The first-order valence-corrected chi connectivity index (χ1v) is 4.35. The SMILES string of the molecule is CC[C@H](I)C(C)C(F)(F)F. The molecule has 0 N–H and O–H groups in total. The first kappa shape index (κ1) is 10.5.